The van der Waals surface area contributed by atoms with Gasteiger partial charge in [0.15, 0.2) is 0 Å². The Labute approximate surface area is 104 Å². The molecule has 4 N–H and O–H groups in total. The highest BCUT2D eigenvalue weighted by Crippen LogP contribution is 2.26. The molecule has 1 rings (SSSR count). The topological polar surface area (TPSA) is 96.0 Å². The second kappa shape index (κ2) is 4.94. The van der Waals surface area contributed by atoms with Gasteiger partial charge >= 0.3 is 0 Å². The van der Waals surface area contributed by atoms with Crippen LogP contribution in [0.2, 0.25) is 0 Å². The van der Waals surface area contributed by atoms with Gasteiger partial charge in [-0.2, -0.15) is 0 Å². The first kappa shape index (κ1) is 14.4. The second-order valence-corrected chi connectivity index (χ2v) is 7.79. The highest BCUT2D eigenvalue weighted by molar-refractivity contribution is 7.89. The number of hydrogen-bond donors (Lipinski definition) is 3. The fourth-order valence-electron chi connectivity index (χ4n) is 2.32. The molecule has 0 bridgehead atoms. The maximum atomic E-state index is 11.9. The minimum atomic E-state index is -3.29. The third-order valence-electron chi connectivity index (χ3n) is 2.87. The van der Waals surface area contributed by atoms with Gasteiger partial charge in [0.05, 0.1) is 11.6 Å². The quantitative estimate of drug-likeness (QED) is 0.521. The zero-order chi connectivity index (χ0) is 13.3. The lowest BCUT2D eigenvalue weighted by Gasteiger charge is -2.23. The van der Waals surface area contributed by atoms with E-state index in [0.29, 0.717) is 0 Å². The van der Waals surface area contributed by atoms with E-state index in [1.54, 1.807) is 0 Å². The Kier molecular flexibility index (Phi) is 4.19. The number of hydrogen-bond acceptors (Lipinski definition) is 3. The lowest BCUT2D eigenvalue weighted by atomic mass is 10.0. The predicted molar refractivity (Wildman–Crippen MR) is 69.4 cm³/mol. The number of nitrogens with two attached hydrogens (primary N) is 1. The van der Waals surface area contributed by atoms with Crippen LogP contribution in [-0.2, 0) is 10.0 Å². The van der Waals surface area contributed by atoms with Gasteiger partial charge in [0.2, 0.25) is 10.0 Å². The van der Waals surface area contributed by atoms with E-state index in [9.17, 15) is 8.42 Å². The predicted octanol–water partition coefficient (Wildman–Crippen LogP) is 1.06. The van der Waals surface area contributed by atoms with E-state index in [1.807, 2.05) is 20.8 Å². The molecule has 2 unspecified atom stereocenters. The van der Waals surface area contributed by atoms with Crippen molar-refractivity contribution in [2.45, 2.75) is 46.1 Å². The van der Waals surface area contributed by atoms with Crippen molar-refractivity contribution in [3.05, 3.63) is 0 Å². The van der Waals surface area contributed by atoms with E-state index in [-0.39, 0.29) is 29.0 Å². The number of nitrogens with one attached hydrogen (secondary N) is 2. The molecule has 0 aromatic rings. The Morgan fingerprint density at radius 2 is 2.00 bits per heavy atom. The molecular weight excluding hydrogens is 238 g/mol. The number of amidine groups is 1. The molecule has 0 heterocycles. The zero-order valence-corrected chi connectivity index (χ0v) is 11.6. The van der Waals surface area contributed by atoms with E-state index in [2.05, 4.69) is 4.72 Å². The van der Waals surface area contributed by atoms with Crippen molar-refractivity contribution in [1.82, 2.24) is 4.72 Å². The molecule has 0 aromatic carbocycles. The molecule has 0 aliphatic heterocycles. The molecule has 0 saturated heterocycles. The van der Waals surface area contributed by atoms with E-state index >= 15 is 0 Å². The molecular formula is C11H23N3O2S. The van der Waals surface area contributed by atoms with Crippen LogP contribution in [0.4, 0.5) is 0 Å². The Morgan fingerprint density at radius 1 is 1.41 bits per heavy atom. The Morgan fingerprint density at radius 3 is 2.47 bits per heavy atom. The lowest BCUT2D eigenvalue weighted by Crippen LogP contribution is -2.44. The van der Waals surface area contributed by atoms with Crippen LogP contribution in [0.25, 0.3) is 0 Å². The van der Waals surface area contributed by atoms with Crippen LogP contribution < -0.4 is 10.5 Å². The smallest absolute Gasteiger partial charge is 0.212 e. The Balaban J connectivity index is 2.68. The second-order valence-electron chi connectivity index (χ2n) is 6.04. The maximum absolute atomic E-state index is 11.9. The number of sulfonamides is 1. The molecule has 100 valence electrons. The normalized spacial score (nSPS) is 26.1. The monoisotopic (exact) mass is 261 g/mol. The average Bonchev–Trinajstić information content (AvgIpc) is 2.45. The van der Waals surface area contributed by atoms with Crippen LogP contribution >= 0.6 is 0 Å². The summed E-state index contributed by atoms with van der Waals surface area (Å²) >= 11 is 0. The molecule has 0 spiro atoms. The lowest BCUT2D eigenvalue weighted by molar-refractivity contribution is 0.449. The molecule has 2 atom stereocenters. The van der Waals surface area contributed by atoms with Crippen molar-refractivity contribution in [2.24, 2.45) is 17.1 Å². The van der Waals surface area contributed by atoms with Crippen molar-refractivity contribution >= 4 is 15.9 Å². The fourth-order valence-corrected chi connectivity index (χ4v) is 4.28. The average molecular weight is 261 g/mol. The van der Waals surface area contributed by atoms with Gasteiger partial charge < -0.3 is 5.73 Å². The summed E-state index contributed by atoms with van der Waals surface area (Å²) in [6.45, 7) is 5.68. The summed E-state index contributed by atoms with van der Waals surface area (Å²) in [7, 11) is -3.29. The summed E-state index contributed by atoms with van der Waals surface area (Å²) in [5.74, 6) is 0.0527. The van der Waals surface area contributed by atoms with Crippen molar-refractivity contribution in [2.75, 3.05) is 5.75 Å². The zero-order valence-electron chi connectivity index (χ0n) is 10.8. The number of rotatable bonds is 4. The van der Waals surface area contributed by atoms with Crippen molar-refractivity contribution in [1.29, 1.82) is 5.41 Å². The van der Waals surface area contributed by atoms with Crippen LogP contribution in [-0.4, -0.2) is 26.0 Å². The SMILES string of the molecule is CC(C)(C)CS(=O)(=O)NC1CCCC1C(=N)N. The van der Waals surface area contributed by atoms with Crippen molar-refractivity contribution in [3.63, 3.8) is 0 Å². The van der Waals surface area contributed by atoms with E-state index in [0.717, 1.165) is 19.3 Å². The molecule has 0 aromatic heterocycles. The van der Waals surface area contributed by atoms with Gasteiger partial charge in [-0.1, -0.05) is 27.2 Å². The van der Waals surface area contributed by atoms with Crippen LogP contribution in [0.1, 0.15) is 40.0 Å². The molecule has 6 heteroatoms. The summed E-state index contributed by atoms with van der Waals surface area (Å²) < 4.78 is 26.6. The van der Waals surface area contributed by atoms with Gasteiger partial charge in [0.1, 0.15) is 0 Å². The van der Waals surface area contributed by atoms with Crippen molar-refractivity contribution < 1.29 is 8.42 Å². The van der Waals surface area contributed by atoms with Gasteiger partial charge in [-0.3, -0.25) is 5.41 Å². The largest absolute Gasteiger partial charge is 0.387 e. The summed E-state index contributed by atoms with van der Waals surface area (Å²) in [5.41, 5.74) is 5.21. The van der Waals surface area contributed by atoms with Crippen LogP contribution in [0.5, 0.6) is 0 Å². The van der Waals surface area contributed by atoms with E-state index in [1.165, 1.54) is 0 Å². The third-order valence-corrected chi connectivity index (χ3v) is 4.78. The molecule has 1 aliphatic carbocycles. The van der Waals surface area contributed by atoms with Gasteiger partial charge in [-0.25, -0.2) is 13.1 Å². The maximum Gasteiger partial charge on any atom is 0.212 e. The molecule has 17 heavy (non-hydrogen) atoms. The van der Waals surface area contributed by atoms with Gasteiger partial charge in [0.25, 0.3) is 0 Å². The fraction of sp³-hybridized carbons (Fsp3) is 0.909. The first-order valence-corrected chi connectivity index (χ1v) is 7.60. The first-order valence-electron chi connectivity index (χ1n) is 5.95. The minimum absolute atomic E-state index is 0.0889. The summed E-state index contributed by atoms with van der Waals surface area (Å²) in [6.07, 6.45) is 2.50. The van der Waals surface area contributed by atoms with Crippen LogP contribution in [0.15, 0.2) is 0 Å². The molecule has 0 radical (unpaired) electrons. The van der Waals surface area contributed by atoms with Gasteiger partial charge in [0, 0.05) is 12.0 Å². The summed E-state index contributed by atoms with van der Waals surface area (Å²) in [5, 5.41) is 7.45. The molecule has 1 aliphatic rings. The molecule has 0 amide bonds. The minimum Gasteiger partial charge on any atom is -0.387 e. The third kappa shape index (κ3) is 4.63. The summed E-state index contributed by atoms with van der Waals surface area (Å²) in [6, 6.07) is -0.195. The summed E-state index contributed by atoms with van der Waals surface area (Å²) in [4.78, 5) is 0. The van der Waals surface area contributed by atoms with Gasteiger partial charge in [-0.05, 0) is 18.3 Å². The molecule has 1 fully saturated rings. The van der Waals surface area contributed by atoms with E-state index in [4.69, 9.17) is 11.1 Å². The van der Waals surface area contributed by atoms with E-state index < -0.39 is 10.0 Å². The Bertz CT molecular complexity index is 384. The molecule has 5 nitrogen and oxygen atoms in total. The standard InChI is InChI=1S/C11H23N3O2S/c1-11(2,3)7-17(15,16)14-9-6-4-5-8(9)10(12)13/h8-9,14H,4-7H2,1-3H3,(H3,12,13). The highest BCUT2D eigenvalue weighted by atomic mass is 32.2. The van der Waals surface area contributed by atoms with Crippen molar-refractivity contribution in [3.8, 4) is 0 Å². The Hall–Kier alpha value is -0.620. The van der Waals surface area contributed by atoms with Crippen LogP contribution in [0, 0.1) is 16.7 Å². The highest BCUT2D eigenvalue weighted by Gasteiger charge is 2.33. The molecule has 1 saturated carbocycles. The first-order chi connectivity index (χ1) is 7.61. The van der Waals surface area contributed by atoms with Gasteiger partial charge in [-0.15, -0.1) is 0 Å². The van der Waals surface area contributed by atoms with Crippen LogP contribution in [0.3, 0.4) is 0 Å².